The van der Waals surface area contributed by atoms with Crippen LogP contribution in [-0.2, 0) is 0 Å². The summed E-state index contributed by atoms with van der Waals surface area (Å²) in [6.07, 6.45) is 14.5. The van der Waals surface area contributed by atoms with Gasteiger partial charge in [0.2, 0.25) is 0 Å². The summed E-state index contributed by atoms with van der Waals surface area (Å²) in [7, 11) is 0. The average Bonchev–Trinajstić information content (AvgIpc) is 2.59. The molecule has 0 radical (unpaired) electrons. The van der Waals surface area contributed by atoms with Crippen LogP contribution >= 0.6 is 0 Å². The molecule has 100 valence electrons. The zero-order chi connectivity index (χ0) is 12.1. The molecule has 2 saturated carbocycles. The Morgan fingerprint density at radius 1 is 0.941 bits per heavy atom. The van der Waals surface area contributed by atoms with Crippen molar-refractivity contribution in [3.63, 3.8) is 0 Å². The number of nitrogens with one attached hydrogen (secondary N) is 1. The molecule has 0 spiro atoms. The van der Waals surface area contributed by atoms with Crippen molar-refractivity contribution in [2.75, 3.05) is 0 Å². The zero-order valence-corrected chi connectivity index (χ0v) is 11.9. The fraction of sp³-hybridized carbons (Fsp3) is 1.00. The Balaban J connectivity index is 1.74. The molecule has 0 heterocycles. The molecule has 17 heavy (non-hydrogen) atoms. The fourth-order valence-corrected chi connectivity index (χ4v) is 3.94. The maximum Gasteiger partial charge on any atom is 0.00952 e. The lowest BCUT2D eigenvalue weighted by atomic mass is 9.95. The Morgan fingerprint density at radius 2 is 1.76 bits per heavy atom. The molecule has 4 unspecified atom stereocenters. The first-order valence-corrected chi connectivity index (χ1v) is 8.05. The van der Waals surface area contributed by atoms with Gasteiger partial charge in [0.1, 0.15) is 0 Å². The van der Waals surface area contributed by atoms with Crippen molar-refractivity contribution in [3.05, 3.63) is 0 Å². The third-order valence-electron chi connectivity index (χ3n) is 5.10. The van der Waals surface area contributed by atoms with E-state index in [2.05, 4.69) is 19.2 Å². The number of hydrogen-bond acceptors (Lipinski definition) is 1. The highest BCUT2D eigenvalue weighted by Crippen LogP contribution is 2.30. The van der Waals surface area contributed by atoms with Crippen molar-refractivity contribution in [1.82, 2.24) is 5.32 Å². The van der Waals surface area contributed by atoms with Gasteiger partial charge >= 0.3 is 0 Å². The molecule has 0 aromatic carbocycles. The van der Waals surface area contributed by atoms with E-state index in [0.717, 1.165) is 23.9 Å². The lowest BCUT2D eigenvalue weighted by Crippen LogP contribution is -2.39. The van der Waals surface area contributed by atoms with Crippen LogP contribution in [0.2, 0.25) is 0 Å². The van der Waals surface area contributed by atoms with Gasteiger partial charge in [-0.2, -0.15) is 0 Å². The van der Waals surface area contributed by atoms with Crippen LogP contribution in [0.1, 0.15) is 78.1 Å². The van der Waals surface area contributed by atoms with E-state index >= 15 is 0 Å². The largest absolute Gasteiger partial charge is 0.311 e. The second-order valence-electron chi connectivity index (χ2n) is 6.54. The van der Waals surface area contributed by atoms with E-state index in [4.69, 9.17) is 0 Å². The molecule has 2 aliphatic rings. The quantitative estimate of drug-likeness (QED) is 0.709. The highest BCUT2D eigenvalue weighted by atomic mass is 15.0. The minimum absolute atomic E-state index is 0.836. The van der Waals surface area contributed by atoms with E-state index in [-0.39, 0.29) is 0 Å². The van der Waals surface area contributed by atoms with Crippen molar-refractivity contribution >= 4 is 0 Å². The van der Waals surface area contributed by atoms with Crippen LogP contribution in [0, 0.1) is 11.8 Å². The lowest BCUT2D eigenvalue weighted by Gasteiger charge is -2.24. The van der Waals surface area contributed by atoms with Gasteiger partial charge in [-0.05, 0) is 43.9 Å². The molecule has 0 saturated heterocycles. The monoisotopic (exact) mass is 237 g/mol. The minimum atomic E-state index is 0.836. The van der Waals surface area contributed by atoms with Gasteiger partial charge in [-0.1, -0.05) is 46.0 Å². The van der Waals surface area contributed by atoms with E-state index in [0.29, 0.717) is 0 Å². The summed E-state index contributed by atoms with van der Waals surface area (Å²) in [5, 5.41) is 3.97. The van der Waals surface area contributed by atoms with Crippen molar-refractivity contribution in [3.8, 4) is 0 Å². The van der Waals surface area contributed by atoms with Crippen molar-refractivity contribution in [1.29, 1.82) is 0 Å². The molecular weight excluding hydrogens is 206 g/mol. The Labute approximate surface area is 108 Å². The van der Waals surface area contributed by atoms with Crippen molar-refractivity contribution in [2.24, 2.45) is 11.8 Å². The second-order valence-corrected chi connectivity index (χ2v) is 6.54. The Morgan fingerprint density at radius 3 is 2.47 bits per heavy atom. The summed E-state index contributed by atoms with van der Waals surface area (Å²) in [5.74, 6) is 1.96. The van der Waals surface area contributed by atoms with Gasteiger partial charge < -0.3 is 5.32 Å². The van der Waals surface area contributed by atoms with Crippen LogP contribution in [0.25, 0.3) is 0 Å². The molecule has 2 aliphatic carbocycles. The summed E-state index contributed by atoms with van der Waals surface area (Å²) in [6, 6.07) is 1.67. The summed E-state index contributed by atoms with van der Waals surface area (Å²) >= 11 is 0. The number of hydrogen-bond donors (Lipinski definition) is 1. The first kappa shape index (κ1) is 13.4. The van der Waals surface area contributed by atoms with Gasteiger partial charge in [0.05, 0.1) is 0 Å². The van der Waals surface area contributed by atoms with Crippen LogP contribution in [0.15, 0.2) is 0 Å². The summed E-state index contributed by atoms with van der Waals surface area (Å²) < 4.78 is 0. The van der Waals surface area contributed by atoms with Crippen molar-refractivity contribution < 1.29 is 0 Å². The molecule has 1 heteroatoms. The Bertz CT molecular complexity index is 214. The lowest BCUT2D eigenvalue weighted by molar-refractivity contribution is 0.343. The van der Waals surface area contributed by atoms with Gasteiger partial charge in [-0.25, -0.2) is 0 Å². The molecule has 0 aromatic rings. The van der Waals surface area contributed by atoms with Crippen LogP contribution < -0.4 is 5.32 Å². The summed E-state index contributed by atoms with van der Waals surface area (Å²) in [6.45, 7) is 4.77. The molecule has 1 N–H and O–H groups in total. The van der Waals surface area contributed by atoms with Gasteiger partial charge in [-0.15, -0.1) is 0 Å². The average molecular weight is 237 g/mol. The van der Waals surface area contributed by atoms with Gasteiger partial charge in [0.15, 0.2) is 0 Å². The van der Waals surface area contributed by atoms with Gasteiger partial charge in [0.25, 0.3) is 0 Å². The van der Waals surface area contributed by atoms with Gasteiger partial charge in [0, 0.05) is 12.1 Å². The fourth-order valence-electron chi connectivity index (χ4n) is 3.94. The zero-order valence-electron chi connectivity index (χ0n) is 11.9. The minimum Gasteiger partial charge on any atom is -0.311 e. The van der Waals surface area contributed by atoms with Crippen molar-refractivity contribution in [2.45, 2.75) is 90.1 Å². The molecule has 2 fully saturated rings. The van der Waals surface area contributed by atoms with E-state index < -0.39 is 0 Å². The Kier molecular flexibility index (Phi) is 5.34. The second kappa shape index (κ2) is 6.78. The molecule has 0 aliphatic heterocycles. The smallest absolute Gasteiger partial charge is 0.00952 e. The Hall–Kier alpha value is -0.0400. The van der Waals surface area contributed by atoms with E-state index in [1.165, 1.54) is 64.2 Å². The van der Waals surface area contributed by atoms with E-state index in [1.807, 2.05) is 0 Å². The molecule has 4 atom stereocenters. The van der Waals surface area contributed by atoms with Crippen LogP contribution in [0.5, 0.6) is 0 Å². The number of rotatable bonds is 4. The highest BCUT2D eigenvalue weighted by molar-refractivity contribution is 4.85. The first-order chi connectivity index (χ1) is 8.29. The molecular formula is C16H31N. The molecule has 0 amide bonds. The van der Waals surface area contributed by atoms with Gasteiger partial charge in [-0.3, -0.25) is 0 Å². The van der Waals surface area contributed by atoms with E-state index in [1.54, 1.807) is 0 Å². The van der Waals surface area contributed by atoms with Crippen LogP contribution in [0.3, 0.4) is 0 Å². The maximum absolute atomic E-state index is 3.97. The molecule has 1 nitrogen and oxygen atoms in total. The molecule has 2 rings (SSSR count). The SMILES string of the molecule is CCCC1CCCC(NC2CCCC2C)CC1. The third-order valence-corrected chi connectivity index (χ3v) is 5.10. The van der Waals surface area contributed by atoms with Crippen LogP contribution in [0.4, 0.5) is 0 Å². The highest BCUT2D eigenvalue weighted by Gasteiger charge is 2.26. The molecule has 0 bridgehead atoms. The summed E-state index contributed by atoms with van der Waals surface area (Å²) in [5.41, 5.74) is 0. The third kappa shape index (κ3) is 3.98. The molecule has 0 aromatic heterocycles. The summed E-state index contributed by atoms with van der Waals surface area (Å²) in [4.78, 5) is 0. The predicted molar refractivity (Wildman–Crippen MR) is 75.2 cm³/mol. The van der Waals surface area contributed by atoms with E-state index in [9.17, 15) is 0 Å². The maximum atomic E-state index is 3.97. The normalized spacial score (nSPS) is 39.2. The first-order valence-electron chi connectivity index (χ1n) is 8.05. The standard InChI is InChI=1S/C16H31N/c1-3-6-14-8-5-9-15(12-11-14)17-16-10-4-7-13(16)2/h13-17H,3-12H2,1-2H3. The predicted octanol–water partition coefficient (Wildman–Crippen LogP) is 4.51. The van der Waals surface area contributed by atoms with Crippen LogP contribution in [-0.4, -0.2) is 12.1 Å². The topological polar surface area (TPSA) is 12.0 Å².